The molecule has 1 heterocycles. The summed E-state index contributed by atoms with van der Waals surface area (Å²) in [6, 6.07) is 26.7. The lowest BCUT2D eigenvalue weighted by Gasteiger charge is -2.27. The number of amides is 3. The fourth-order valence-electron chi connectivity index (χ4n) is 4.50. The van der Waals surface area contributed by atoms with E-state index in [1.807, 2.05) is 72.5 Å². The van der Waals surface area contributed by atoms with Gasteiger partial charge in [0.15, 0.2) is 0 Å². The summed E-state index contributed by atoms with van der Waals surface area (Å²) >= 11 is 0. The molecule has 174 valence electrons. The quantitative estimate of drug-likeness (QED) is 0.291. The molecule has 3 aromatic rings. The Labute approximate surface area is 201 Å². The van der Waals surface area contributed by atoms with Crippen LogP contribution in [0, 0.1) is 5.92 Å². The second kappa shape index (κ2) is 10.9. The summed E-state index contributed by atoms with van der Waals surface area (Å²) in [5, 5.41) is 0. The fraction of sp³-hybridized carbons (Fsp3) is 0.276. The molecule has 0 bridgehead atoms. The molecular formula is C29H30N2O3. The van der Waals surface area contributed by atoms with Crippen LogP contribution in [-0.4, -0.2) is 29.2 Å². The van der Waals surface area contributed by atoms with E-state index in [1.54, 1.807) is 24.3 Å². The van der Waals surface area contributed by atoms with Crippen molar-refractivity contribution in [3.8, 4) is 0 Å². The van der Waals surface area contributed by atoms with E-state index < -0.39 is 0 Å². The van der Waals surface area contributed by atoms with Crippen LogP contribution in [0.1, 0.15) is 58.9 Å². The summed E-state index contributed by atoms with van der Waals surface area (Å²) in [5.74, 6) is -0.451. The first-order valence-electron chi connectivity index (χ1n) is 12.0. The van der Waals surface area contributed by atoms with Gasteiger partial charge in [-0.1, -0.05) is 74.0 Å². The van der Waals surface area contributed by atoms with Crippen molar-refractivity contribution in [1.29, 1.82) is 0 Å². The van der Waals surface area contributed by atoms with Gasteiger partial charge in [0, 0.05) is 18.2 Å². The highest BCUT2D eigenvalue weighted by atomic mass is 16.2. The van der Waals surface area contributed by atoms with E-state index in [1.165, 1.54) is 4.90 Å². The van der Waals surface area contributed by atoms with Gasteiger partial charge in [0.05, 0.1) is 17.7 Å². The summed E-state index contributed by atoms with van der Waals surface area (Å²) < 4.78 is 0. The van der Waals surface area contributed by atoms with E-state index in [9.17, 15) is 14.4 Å². The summed E-state index contributed by atoms with van der Waals surface area (Å²) in [4.78, 5) is 41.9. The lowest BCUT2D eigenvalue weighted by atomic mass is 9.96. The zero-order chi connectivity index (χ0) is 23.9. The largest absolute Gasteiger partial charge is 0.308 e. The van der Waals surface area contributed by atoms with Crippen LogP contribution in [-0.2, 0) is 11.3 Å². The molecule has 0 aromatic heterocycles. The maximum atomic E-state index is 13.6. The highest BCUT2D eigenvalue weighted by molar-refractivity contribution is 6.21. The van der Waals surface area contributed by atoms with Crippen LogP contribution in [0.4, 0.5) is 5.69 Å². The minimum Gasteiger partial charge on any atom is -0.308 e. The number of carbonyl (C=O) groups is 3. The van der Waals surface area contributed by atoms with Gasteiger partial charge in [-0.25, -0.2) is 0 Å². The number of unbranched alkanes of at least 4 members (excludes halogenated alkanes) is 1. The van der Waals surface area contributed by atoms with E-state index in [-0.39, 0.29) is 23.6 Å². The molecule has 4 rings (SSSR count). The zero-order valence-electron chi connectivity index (χ0n) is 19.5. The first-order valence-corrected chi connectivity index (χ1v) is 12.0. The number of anilines is 1. The third-order valence-corrected chi connectivity index (χ3v) is 6.42. The molecule has 0 unspecified atom stereocenters. The van der Waals surface area contributed by atoms with Gasteiger partial charge >= 0.3 is 0 Å². The Morgan fingerprint density at radius 2 is 1.35 bits per heavy atom. The van der Waals surface area contributed by atoms with Crippen molar-refractivity contribution >= 4 is 23.4 Å². The molecule has 1 aliphatic heterocycles. The number of imide groups is 1. The third-order valence-electron chi connectivity index (χ3n) is 6.42. The van der Waals surface area contributed by atoms with E-state index >= 15 is 0 Å². The molecule has 3 aromatic carbocycles. The van der Waals surface area contributed by atoms with Crippen molar-refractivity contribution in [1.82, 2.24) is 4.90 Å². The topological polar surface area (TPSA) is 57.7 Å². The van der Waals surface area contributed by atoms with Crippen molar-refractivity contribution in [3.05, 3.63) is 102 Å². The minimum atomic E-state index is -0.221. The maximum Gasteiger partial charge on any atom is 0.261 e. The summed E-state index contributed by atoms with van der Waals surface area (Å²) in [7, 11) is 0. The molecule has 0 saturated heterocycles. The molecule has 0 saturated carbocycles. The number of para-hydroxylation sites is 1. The number of carbonyl (C=O) groups excluding carboxylic acids is 3. The van der Waals surface area contributed by atoms with Gasteiger partial charge in [-0.2, -0.15) is 0 Å². The van der Waals surface area contributed by atoms with Crippen molar-refractivity contribution in [2.75, 3.05) is 11.4 Å². The van der Waals surface area contributed by atoms with Crippen molar-refractivity contribution in [2.24, 2.45) is 5.92 Å². The Kier molecular flexibility index (Phi) is 7.53. The normalized spacial score (nSPS) is 13.6. The van der Waals surface area contributed by atoms with Gasteiger partial charge in [-0.3, -0.25) is 19.3 Å². The first kappa shape index (κ1) is 23.4. The van der Waals surface area contributed by atoms with Crippen LogP contribution in [0.5, 0.6) is 0 Å². The average Bonchev–Trinajstić information content (AvgIpc) is 3.13. The molecule has 5 nitrogen and oxygen atoms in total. The van der Waals surface area contributed by atoms with Gasteiger partial charge < -0.3 is 4.90 Å². The lowest BCUT2D eigenvalue weighted by Crippen LogP contribution is -2.36. The van der Waals surface area contributed by atoms with Crippen molar-refractivity contribution in [3.63, 3.8) is 0 Å². The number of hydrogen-bond acceptors (Lipinski definition) is 3. The molecule has 0 N–H and O–H groups in total. The smallest absolute Gasteiger partial charge is 0.261 e. The summed E-state index contributed by atoms with van der Waals surface area (Å²) in [6.07, 6.45) is 2.91. The number of benzene rings is 3. The van der Waals surface area contributed by atoms with Gasteiger partial charge in [0.25, 0.3) is 11.8 Å². The summed E-state index contributed by atoms with van der Waals surface area (Å²) in [5.41, 5.74) is 2.93. The van der Waals surface area contributed by atoms with Crippen LogP contribution < -0.4 is 4.90 Å². The zero-order valence-corrected chi connectivity index (χ0v) is 19.5. The number of fused-ring (bicyclic) bond motifs is 1. The van der Waals surface area contributed by atoms with Gasteiger partial charge in [-0.05, 0) is 49.1 Å². The van der Waals surface area contributed by atoms with E-state index in [2.05, 4.69) is 0 Å². The average molecular weight is 455 g/mol. The van der Waals surface area contributed by atoms with Gasteiger partial charge in [0.1, 0.15) is 0 Å². The third kappa shape index (κ3) is 5.09. The van der Waals surface area contributed by atoms with Crippen LogP contribution >= 0.6 is 0 Å². The monoisotopic (exact) mass is 454 g/mol. The molecular weight excluding hydrogens is 424 g/mol. The minimum absolute atomic E-state index is 0.110. The Balaban J connectivity index is 1.37. The van der Waals surface area contributed by atoms with Crippen LogP contribution in [0.15, 0.2) is 84.9 Å². The SMILES string of the molecule is CC[C@@H](CCCCN1C(=O)c2ccccc2C1=O)C(=O)N(Cc1ccccc1)c1ccccc1. The van der Waals surface area contributed by atoms with Crippen LogP contribution in [0.2, 0.25) is 0 Å². The molecule has 0 aliphatic carbocycles. The lowest BCUT2D eigenvalue weighted by molar-refractivity contribution is -0.122. The second-order valence-corrected chi connectivity index (χ2v) is 8.65. The first-order chi connectivity index (χ1) is 16.6. The Morgan fingerprint density at radius 3 is 1.94 bits per heavy atom. The molecule has 0 radical (unpaired) electrons. The molecule has 3 amide bonds. The highest BCUT2D eigenvalue weighted by Crippen LogP contribution is 2.25. The van der Waals surface area contributed by atoms with Gasteiger partial charge in [0.2, 0.25) is 5.91 Å². The maximum absolute atomic E-state index is 13.6. The summed E-state index contributed by atoms with van der Waals surface area (Å²) in [6.45, 7) is 2.94. The molecule has 1 atom stereocenters. The number of rotatable bonds is 10. The number of hydrogen-bond donors (Lipinski definition) is 0. The van der Waals surface area contributed by atoms with Gasteiger partial charge in [-0.15, -0.1) is 0 Å². The van der Waals surface area contributed by atoms with E-state index in [0.717, 1.165) is 30.5 Å². The molecule has 0 spiro atoms. The van der Waals surface area contributed by atoms with E-state index in [4.69, 9.17) is 0 Å². The number of nitrogens with zero attached hydrogens (tertiary/aromatic N) is 2. The Morgan fingerprint density at radius 1 is 0.794 bits per heavy atom. The molecule has 34 heavy (non-hydrogen) atoms. The molecule has 5 heteroatoms. The molecule has 0 fully saturated rings. The highest BCUT2D eigenvalue weighted by Gasteiger charge is 2.34. The Bertz CT molecular complexity index is 1110. The second-order valence-electron chi connectivity index (χ2n) is 8.65. The van der Waals surface area contributed by atoms with Crippen molar-refractivity contribution < 1.29 is 14.4 Å². The Hall–Kier alpha value is -3.73. The predicted molar refractivity (Wildman–Crippen MR) is 134 cm³/mol. The fourth-order valence-corrected chi connectivity index (χ4v) is 4.50. The van der Waals surface area contributed by atoms with Crippen LogP contribution in [0.3, 0.4) is 0 Å². The molecule has 1 aliphatic rings. The predicted octanol–water partition coefficient (Wildman–Crippen LogP) is 5.71. The van der Waals surface area contributed by atoms with E-state index in [0.29, 0.717) is 30.6 Å². The standard InChI is InChI=1S/C29H30N2O3/c1-2-23(15-11-12-20-30-28(33)25-18-9-10-19-26(25)29(30)34)27(32)31(24-16-7-4-8-17-24)21-22-13-5-3-6-14-22/h3-10,13-14,16-19,23H,2,11-12,15,20-21H2,1H3/t23-/m0/s1. The van der Waals surface area contributed by atoms with Crippen molar-refractivity contribution in [2.45, 2.75) is 39.2 Å². The van der Waals surface area contributed by atoms with Crippen LogP contribution in [0.25, 0.3) is 0 Å².